The van der Waals surface area contributed by atoms with Crippen molar-refractivity contribution >= 4 is 28.3 Å². The molecular weight excluding hydrogens is 336 g/mol. The normalized spacial score (nSPS) is 10.3. The van der Waals surface area contributed by atoms with E-state index in [-0.39, 0.29) is 18.2 Å². The first-order valence-electron chi connectivity index (χ1n) is 7.77. The molecule has 5 nitrogen and oxygen atoms in total. The predicted molar refractivity (Wildman–Crippen MR) is 97.9 cm³/mol. The lowest BCUT2D eigenvalue weighted by atomic mass is 9.99. The number of hydrogen-bond donors (Lipinski definition) is 1. The molecule has 1 amide bonds. The molecule has 0 fully saturated rings. The van der Waals surface area contributed by atoms with Gasteiger partial charge in [-0.25, -0.2) is 9.78 Å². The summed E-state index contributed by atoms with van der Waals surface area (Å²) in [4.78, 5) is 28.4. The second-order valence-corrected chi connectivity index (χ2v) is 5.98. The number of esters is 1. The zero-order valence-electron chi connectivity index (χ0n) is 13.6. The summed E-state index contributed by atoms with van der Waals surface area (Å²) in [5.41, 5.74) is 2.53. The number of thiazole rings is 1. The van der Waals surface area contributed by atoms with E-state index in [1.807, 2.05) is 48.5 Å². The van der Waals surface area contributed by atoms with Crippen LogP contribution < -0.4 is 5.32 Å². The largest absolute Gasteiger partial charge is 0.461 e. The molecule has 126 valence electrons. The van der Waals surface area contributed by atoms with Crippen LogP contribution in [0.1, 0.15) is 27.8 Å². The monoisotopic (exact) mass is 352 g/mol. The maximum Gasteiger partial charge on any atom is 0.357 e. The van der Waals surface area contributed by atoms with E-state index in [0.717, 1.165) is 11.1 Å². The maximum absolute atomic E-state index is 12.7. The first kappa shape index (κ1) is 16.9. The van der Waals surface area contributed by atoms with Gasteiger partial charge in [0.2, 0.25) is 0 Å². The minimum Gasteiger partial charge on any atom is -0.461 e. The summed E-state index contributed by atoms with van der Waals surface area (Å²) in [6, 6.07) is 17.1. The van der Waals surface area contributed by atoms with Gasteiger partial charge in [-0.2, -0.15) is 0 Å². The van der Waals surface area contributed by atoms with Crippen LogP contribution in [-0.2, 0) is 4.74 Å². The molecule has 0 aliphatic carbocycles. The molecule has 1 aromatic heterocycles. The minimum atomic E-state index is -0.496. The number of carbonyl (C=O) groups is 2. The van der Waals surface area contributed by atoms with Crippen LogP contribution in [0.15, 0.2) is 60.0 Å². The Hall–Kier alpha value is -2.99. The molecule has 6 heteroatoms. The summed E-state index contributed by atoms with van der Waals surface area (Å²) in [5.74, 6) is -0.770. The number of aromatic nitrogens is 1. The molecule has 0 bridgehead atoms. The Morgan fingerprint density at radius 3 is 2.56 bits per heavy atom. The lowest BCUT2D eigenvalue weighted by Gasteiger charge is -2.09. The number of ether oxygens (including phenoxy) is 1. The fourth-order valence-corrected chi connectivity index (χ4v) is 3.02. The summed E-state index contributed by atoms with van der Waals surface area (Å²) in [6.45, 7) is 2.01. The molecule has 25 heavy (non-hydrogen) atoms. The third kappa shape index (κ3) is 3.92. The van der Waals surface area contributed by atoms with Gasteiger partial charge in [0, 0.05) is 10.9 Å². The van der Waals surface area contributed by atoms with Crippen molar-refractivity contribution in [2.45, 2.75) is 6.92 Å². The molecule has 0 saturated heterocycles. The zero-order chi connectivity index (χ0) is 17.6. The summed E-state index contributed by atoms with van der Waals surface area (Å²) >= 11 is 1.18. The second-order valence-electron chi connectivity index (χ2n) is 5.12. The number of benzene rings is 2. The van der Waals surface area contributed by atoms with E-state index < -0.39 is 5.97 Å². The molecule has 1 N–H and O–H groups in total. The van der Waals surface area contributed by atoms with Gasteiger partial charge in [0.05, 0.1) is 6.61 Å². The first-order valence-corrected chi connectivity index (χ1v) is 8.65. The number of rotatable bonds is 5. The number of nitrogens with zero attached hydrogens (tertiary/aromatic N) is 1. The van der Waals surface area contributed by atoms with Crippen LogP contribution in [0.5, 0.6) is 0 Å². The molecule has 3 aromatic rings. The van der Waals surface area contributed by atoms with Crippen molar-refractivity contribution in [3.05, 3.63) is 71.2 Å². The lowest BCUT2D eigenvalue weighted by molar-refractivity contribution is 0.0520. The molecule has 0 aliphatic heterocycles. The summed E-state index contributed by atoms with van der Waals surface area (Å²) in [6.07, 6.45) is 0. The average molecular weight is 352 g/mol. The van der Waals surface area contributed by atoms with Crippen LogP contribution in [-0.4, -0.2) is 23.5 Å². The maximum atomic E-state index is 12.7. The fourth-order valence-electron chi connectivity index (χ4n) is 2.34. The van der Waals surface area contributed by atoms with E-state index in [9.17, 15) is 9.59 Å². The molecule has 3 rings (SSSR count). The third-order valence-electron chi connectivity index (χ3n) is 3.47. The number of nitrogens with one attached hydrogen (secondary N) is 1. The molecule has 2 aromatic carbocycles. The van der Waals surface area contributed by atoms with Crippen LogP contribution >= 0.6 is 11.3 Å². The molecule has 0 unspecified atom stereocenters. The van der Waals surface area contributed by atoms with Gasteiger partial charge in [0.25, 0.3) is 5.91 Å². The first-order chi connectivity index (χ1) is 12.2. The fraction of sp³-hybridized carbons (Fsp3) is 0.105. The van der Waals surface area contributed by atoms with Crippen LogP contribution in [0, 0.1) is 0 Å². The molecule has 0 spiro atoms. The smallest absolute Gasteiger partial charge is 0.357 e. The molecule has 0 radical (unpaired) electrons. The summed E-state index contributed by atoms with van der Waals surface area (Å²) in [7, 11) is 0. The Morgan fingerprint density at radius 1 is 1.08 bits per heavy atom. The molecule has 0 aliphatic rings. The van der Waals surface area contributed by atoms with Crippen molar-refractivity contribution in [3.63, 3.8) is 0 Å². The Morgan fingerprint density at radius 2 is 1.80 bits per heavy atom. The zero-order valence-corrected chi connectivity index (χ0v) is 14.4. The van der Waals surface area contributed by atoms with Gasteiger partial charge in [0.1, 0.15) is 0 Å². The van der Waals surface area contributed by atoms with Gasteiger partial charge in [-0.3, -0.25) is 10.1 Å². The van der Waals surface area contributed by atoms with Gasteiger partial charge < -0.3 is 4.74 Å². The Bertz CT molecular complexity index is 890. The Labute approximate surface area is 149 Å². The van der Waals surface area contributed by atoms with Crippen molar-refractivity contribution in [2.24, 2.45) is 0 Å². The minimum absolute atomic E-state index is 0.193. The van der Waals surface area contributed by atoms with Gasteiger partial charge in [-0.05, 0) is 24.1 Å². The van der Waals surface area contributed by atoms with E-state index in [4.69, 9.17) is 4.74 Å². The van der Waals surface area contributed by atoms with Crippen molar-refractivity contribution in [2.75, 3.05) is 11.9 Å². The van der Waals surface area contributed by atoms with E-state index in [1.165, 1.54) is 11.3 Å². The van der Waals surface area contributed by atoms with Crippen molar-refractivity contribution < 1.29 is 14.3 Å². The topological polar surface area (TPSA) is 68.3 Å². The quantitative estimate of drug-likeness (QED) is 0.698. The molecule has 0 atom stereocenters. The van der Waals surface area contributed by atoms with Crippen molar-refractivity contribution in [3.8, 4) is 11.1 Å². The number of anilines is 1. The average Bonchev–Trinajstić information content (AvgIpc) is 3.11. The van der Waals surface area contributed by atoms with Gasteiger partial charge in [0.15, 0.2) is 10.8 Å². The van der Waals surface area contributed by atoms with E-state index in [0.29, 0.717) is 10.7 Å². The molecule has 0 saturated carbocycles. The standard InChI is InChI=1S/C19H16N2O3S/c1-2-24-18(23)16-12-25-19(20-16)21-17(22)15-11-7-6-10-14(15)13-8-4-3-5-9-13/h3-12H,2H2,1H3,(H,20,21,22). The van der Waals surface area contributed by atoms with Crippen molar-refractivity contribution in [1.29, 1.82) is 0 Å². The highest BCUT2D eigenvalue weighted by atomic mass is 32.1. The van der Waals surface area contributed by atoms with Gasteiger partial charge in [-0.1, -0.05) is 48.5 Å². The lowest BCUT2D eigenvalue weighted by Crippen LogP contribution is -2.13. The van der Waals surface area contributed by atoms with Crippen molar-refractivity contribution in [1.82, 2.24) is 4.98 Å². The van der Waals surface area contributed by atoms with E-state index in [1.54, 1.807) is 18.4 Å². The number of carbonyl (C=O) groups excluding carboxylic acids is 2. The Balaban J connectivity index is 1.82. The third-order valence-corrected chi connectivity index (χ3v) is 4.22. The van der Waals surface area contributed by atoms with Gasteiger partial charge in [-0.15, -0.1) is 11.3 Å². The second kappa shape index (κ2) is 7.72. The highest BCUT2D eigenvalue weighted by molar-refractivity contribution is 7.14. The van der Waals surface area contributed by atoms with E-state index in [2.05, 4.69) is 10.3 Å². The number of hydrogen-bond acceptors (Lipinski definition) is 5. The van der Waals surface area contributed by atoms with Crippen LogP contribution in [0.3, 0.4) is 0 Å². The summed E-state index contributed by atoms with van der Waals surface area (Å²) in [5, 5.41) is 4.67. The molecular formula is C19H16N2O3S. The highest BCUT2D eigenvalue weighted by Gasteiger charge is 2.16. The van der Waals surface area contributed by atoms with Crippen LogP contribution in [0.25, 0.3) is 11.1 Å². The number of amides is 1. The van der Waals surface area contributed by atoms with Crippen LogP contribution in [0.4, 0.5) is 5.13 Å². The summed E-state index contributed by atoms with van der Waals surface area (Å²) < 4.78 is 4.90. The van der Waals surface area contributed by atoms with Gasteiger partial charge >= 0.3 is 5.97 Å². The molecule has 1 heterocycles. The Kier molecular flexibility index (Phi) is 5.20. The SMILES string of the molecule is CCOC(=O)c1csc(NC(=O)c2ccccc2-c2ccccc2)n1. The van der Waals surface area contributed by atoms with E-state index >= 15 is 0 Å². The van der Waals surface area contributed by atoms with Crippen LogP contribution in [0.2, 0.25) is 0 Å². The highest BCUT2D eigenvalue weighted by Crippen LogP contribution is 2.25. The predicted octanol–water partition coefficient (Wildman–Crippen LogP) is 4.24.